The van der Waals surface area contributed by atoms with E-state index in [0.29, 0.717) is 11.8 Å². The largest absolute Gasteiger partial charge is 0.462 e. The molecular weight excluding hydrogens is 348 g/mol. The smallest absolute Gasteiger partial charge is 0.302 e. The van der Waals surface area contributed by atoms with Crippen LogP contribution in [0.5, 0.6) is 0 Å². The molecule has 0 aromatic heterocycles. The van der Waals surface area contributed by atoms with Gasteiger partial charge in [-0.25, -0.2) is 0 Å². The first-order chi connectivity index (χ1) is 13.1. The van der Waals surface area contributed by atoms with Crippen LogP contribution in [0.3, 0.4) is 0 Å². The number of aliphatic hydroxyl groups is 1. The normalized spacial score (nSPS) is 36.6. The van der Waals surface area contributed by atoms with Gasteiger partial charge in [0.2, 0.25) is 0 Å². The molecule has 156 valence electrons. The van der Waals surface area contributed by atoms with Crippen LogP contribution in [-0.2, 0) is 16.0 Å². The van der Waals surface area contributed by atoms with Crippen molar-refractivity contribution in [2.45, 2.75) is 104 Å². The summed E-state index contributed by atoms with van der Waals surface area (Å²) in [5, 5.41) is 11.2. The number of carbonyl (C=O) groups is 1. The van der Waals surface area contributed by atoms with Crippen molar-refractivity contribution < 1.29 is 14.6 Å². The summed E-state index contributed by atoms with van der Waals surface area (Å²) in [5.74, 6) is 0.826. The molecule has 1 aromatic carbocycles. The lowest BCUT2D eigenvalue weighted by Gasteiger charge is -2.42. The Labute approximate surface area is 170 Å². The summed E-state index contributed by atoms with van der Waals surface area (Å²) in [6, 6.07) is 6.75. The Morgan fingerprint density at radius 1 is 1.14 bits per heavy atom. The number of hydrogen-bond acceptors (Lipinski definition) is 3. The van der Waals surface area contributed by atoms with Crippen LogP contribution in [0.25, 0.3) is 0 Å². The van der Waals surface area contributed by atoms with Gasteiger partial charge in [0.05, 0.1) is 5.60 Å². The van der Waals surface area contributed by atoms with Gasteiger partial charge >= 0.3 is 5.97 Å². The molecule has 0 amide bonds. The van der Waals surface area contributed by atoms with Gasteiger partial charge in [0.25, 0.3) is 0 Å². The van der Waals surface area contributed by atoms with Crippen molar-refractivity contribution in [2.75, 3.05) is 0 Å². The van der Waals surface area contributed by atoms with E-state index in [2.05, 4.69) is 39.0 Å². The first-order valence-electron chi connectivity index (χ1n) is 11.1. The van der Waals surface area contributed by atoms with Crippen LogP contribution in [0.4, 0.5) is 0 Å². The van der Waals surface area contributed by atoms with Gasteiger partial charge in [-0.2, -0.15) is 0 Å². The second kappa shape index (κ2) is 8.18. The zero-order valence-corrected chi connectivity index (χ0v) is 18.4. The Bertz CT molecular complexity index is 708. The summed E-state index contributed by atoms with van der Waals surface area (Å²) in [4.78, 5) is 11.6. The minimum Gasteiger partial charge on any atom is -0.462 e. The second-order valence-corrected chi connectivity index (χ2v) is 9.98. The van der Waals surface area contributed by atoms with Crippen molar-refractivity contribution in [3.63, 3.8) is 0 Å². The number of rotatable bonds is 1. The van der Waals surface area contributed by atoms with Crippen molar-refractivity contribution in [2.24, 2.45) is 11.3 Å². The molecule has 3 nitrogen and oxygen atoms in total. The maximum Gasteiger partial charge on any atom is 0.302 e. The summed E-state index contributed by atoms with van der Waals surface area (Å²) in [7, 11) is 0. The predicted octanol–water partition coefficient (Wildman–Crippen LogP) is 5.70. The maximum atomic E-state index is 11.6. The number of benzene rings is 1. The summed E-state index contributed by atoms with van der Waals surface area (Å²) in [6.07, 6.45) is 8.03. The Kier molecular flexibility index (Phi) is 6.24. The number of ether oxygens (including phenoxy) is 1. The number of fused-ring (bicyclic) bond motifs is 9. The average Bonchev–Trinajstić information content (AvgIpc) is 2.82. The Hall–Kier alpha value is -1.35. The van der Waals surface area contributed by atoms with Crippen LogP contribution in [0, 0.1) is 18.3 Å². The van der Waals surface area contributed by atoms with Crippen LogP contribution in [0.1, 0.15) is 95.2 Å². The van der Waals surface area contributed by atoms with Gasteiger partial charge < -0.3 is 9.84 Å². The minimum absolute atomic E-state index is 0.0365. The van der Waals surface area contributed by atoms with Gasteiger partial charge in [0, 0.05) is 18.8 Å². The third-order valence-corrected chi connectivity index (χ3v) is 7.80. The molecule has 4 rings (SSSR count). The predicted molar refractivity (Wildman–Crippen MR) is 113 cm³/mol. The van der Waals surface area contributed by atoms with Crippen LogP contribution in [0.2, 0.25) is 0 Å². The zero-order chi connectivity index (χ0) is 20.5. The molecule has 0 saturated heterocycles. The van der Waals surface area contributed by atoms with Crippen molar-refractivity contribution >= 4 is 5.97 Å². The van der Waals surface area contributed by atoms with E-state index in [1.807, 2.05) is 6.92 Å². The molecular formula is C25H38O3. The van der Waals surface area contributed by atoms with E-state index in [1.54, 1.807) is 0 Å². The molecule has 0 aliphatic heterocycles. The molecule has 3 heteroatoms. The van der Waals surface area contributed by atoms with E-state index < -0.39 is 5.60 Å². The lowest BCUT2D eigenvalue weighted by atomic mass is 9.65. The molecule has 2 bridgehead atoms. The Morgan fingerprint density at radius 2 is 1.89 bits per heavy atom. The van der Waals surface area contributed by atoms with E-state index in [9.17, 15) is 9.90 Å². The van der Waals surface area contributed by atoms with Crippen LogP contribution in [0.15, 0.2) is 18.2 Å². The molecule has 0 heterocycles. The third kappa shape index (κ3) is 4.30. The fraction of sp³-hybridized carbons (Fsp3) is 0.720. The summed E-state index contributed by atoms with van der Waals surface area (Å²) in [5.41, 5.74) is 3.24. The molecule has 1 fully saturated rings. The molecule has 1 aromatic rings. The molecule has 1 saturated carbocycles. The van der Waals surface area contributed by atoms with E-state index >= 15 is 0 Å². The topological polar surface area (TPSA) is 46.5 Å². The lowest BCUT2D eigenvalue weighted by molar-refractivity contribution is -0.146. The molecule has 5 atom stereocenters. The first kappa shape index (κ1) is 21.4. The molecule has 0 spiro atoms. The van der Waals surface area contributed by atoms with Gasteiger partial charge in [-0.1, -0.05) is 44.9 Å². The number of aryl methyl sites for hydroxylation is 1. The Morgan fingerprint density at radius 3 is 2.57 bits per heavy atom. The second-order valence-electron chi connectivity index (χ2n) is 9.98. The highest BCUT2D eigenvalue weighted by Crippen LogP contribution is 2.58. The number of hydrogen-bond donors (Lipinski definition) is 1. The van der Waals surface area contributed by atoms with Gasteiger partial charge in [-0.15, -0.1) is 0 Å². The standard InChI is InChI=1S/C25H38O3/c1-17-7-6-13-24(4)23(12-14-25(24,5)27)22-11-9-20(15-18(22)2)16-21(10-8-17)28-19(3)26/h9,11,15,17,21,23,27H,6-8,10,12-14,16H2,1-5H3/t17-,21-,23-,24-,25-/m0/s1. The number of esters is 1. The molecule has 3 aliphatic carbocycles. The molecule has 1 N–H and O–H groups in total. The van der Waals surface area contributed by atoms with Gasteiger partial charge in [-0.05, 0) is 74.5 Å². The van der Waals surface area contributed by atoms with Crippen molar-refractivity contribution in [1.29, 1.82) is 0 Å². The van der Waals surface area contributed by atoms with Crippen LogP contribution in [-0.4, -0.2) is 22.8 Å². The van der Waals surface area contributed by atoms with E-state index in [4.69, 9.17) is 4.74 Å². The monoisotopic (exact) mass is 386 g/mol. The third-order valence-electron chi connectivity index (χ3n) is 7.80. The van der Waals surface area contributed by atoms with E-state index in [0.717, 1.165) is 44.9 Å². The maximum absolute atomic E-state index is 11.6. The van der Waals surface area contributed by atoms with Gasteiger partial charge in [0.15, 0.2) is 0 Å². The highest BCUT2D eigenvalue weighted by molar-refractivity contribution is 5.66. The van der Waals surface area contributed by atoms with E-state index in [-0.39, 0.29) is 17.5 Å². The van der Waals surface area contributed by atoms with Gasteiger partial charge in [0.1, 0.15) is 6.10 Å². The fourth-order valence-corrected chi connectivity index (χ4v) is 5.74. The highest BCUT2D eigenvalue weighted by atomic mass is 16.5. The van der Waals surface area contributed by atoms with Crippen molar-refractivity contribution in [3.05, 3.63) is 34.9 Å². The molecule has 3 aliphatic rings. The van der Waals surface area contributed by atoms with Crippen molar-refractivity contribution in [1.82, 2.24) is 0 Å². The van der Waals surface area contributed by atoms with Crippen molar-refractivity contribution in [3.8, 4) is 0 Å². The Balaban J connectivity index is 1.96. The van der Waals surface area contributed by atoms with Crippen LogP contribution < -0.4 is 0 Å². The SMILES string of the molecule is CC(=O)O[C@H]1CC[C@@H](C)CCC[C@@]2(C)[C@@H](CC[C@]2(C)O)c2ccc(cc2C)C1. The average molecular weight is 387 g/mol. The fourth-order valence-electron chi connectivity index (χ4n) is 5.74. The molecule has 0 unspecified atom stereocenters. The molecule has 0 radical (unpaired) electrons. The number of carbonyl (C=O) groups excluding carboxylic acids is 1. The van der Waals surface area contributed by atoms with E-state index in [1.165, 1.54) is 30.0 Å². The zero-order valence-electron chi connectivity index (χ0n) is 18.4. The van der Waals surface area contributed by atoms with Gasteiger partial charge in [-0.3, -0.25) is 4.79 Å². The first-order valence-corrected chi connectivity index (χ1v) is 11.1. The van der Waals surface area contributed by atoms with Crippen LogP contribution >= 0.6 is 0 Å². The summed E-state index contributed by atoms with van der Waals surface area (Å²) in [6.45, 7) is 10.4. The summed E-state index contributed by atoms with van der Waals surface area (Å²) >= 11 is 0. The molecule has 28 heavy (non-hydrogen) atoms. The quantitative estimate of drug-likeness (QED) is 0.629. The lowest BCUT2D eigenvalue weighted by Crippen LogP contribution is -2.42. The summed E-state index contributed by atoms with van der Waals surface area (Å²) < 4.78 is 5.63. The highest BCUT2D eigenvalue weighted by Gasteiger charge is 2.53. The minimum atomic E-state index is -0.608.